The number of carboxylic acids is 1. The Balaban J connectivity index is 1.39. The number of likely N-dealkylation sites (tertiary alicyclic amines) is 1. The van der Waals surface area contributed by atoms with E-state index in [0.717, 1.165) is 55.9 Å². The van der Waals surface area contributed by atoms with Crippen LogP contribution < -0.4 is 0 Å². The summed E-state index contributed by atoms with van der Waals surface area (Å²) >= 11 is 0. The van der Waals surface area contributed by atoms with Gasteiger partial charge < -0.3 is 5.11 Å². The van der Waals surface area contributed by atoms with E-state index in [1.807, 2.05) is 12.1 Å². The highest BCUT2D eigenvalue weighted by molar-refractivity contribution is 6.01. The van der Waals surface area contributed by atoms with Gasteiger partial charge >= 0.3 is 5.97 Å². The number of carboxylic acid groups (broad SMARTS) is 1. The molecule has 0 unspecified atom stereocenters. The zero-order valence-electron chi connectivity index (χ0n) is 22.7. The third-order valence-electron chi connectivity index (χ3n) is 8.45. The maximum absolute atomic E-state index is 12.5. The molecule has 3 nitrogen and oxygen atoms in total. The van der Waals surface area contributed by atoms with E-state index in [2.05, 4.69) is 60.4 Å². The number of nitrogens with zero attached hydrogens (tertiary/aromatic N) is 1. The van der Waals surface area contributed by atoms with Crippen LogP contribution in [0.3, 0.4) is 0 Å². The molecule has 1 N–H and O–H groups in total. The summed E-state index contributed by atoms with van der Waals surface area (Å²) in [6.07, 6.45) is 8.27. The van der Waals surface area contributed by atoms with Crippen molar-refractivity contribution < 1.29 is 14.3 Å². The fourth-order valence-electron chi connectivity index (χ4n) is 6.26. The summed E-state index contributed by atoms with van der Waals surface area (Å²) < 4.78 is 12.5. The highest BCUT2D eigenvalue weighted by Gasteiger charge is 2.26. The molecule has 4 heteroatoms. The minimum atomic E-state index is -0.879. The van der Waals surface area contributed by atoms with Crippen LogP contribution in [0.25, 0.3) is 17.2 Å². The van der Waals surface area contributed by atoms with Gasteiger partial charge in [-0.15, -0.1) is 0 Å². The molecule has 39 heavy (non-hydrogen) atoms. The van der Waals surface area contributed by atoms with Crippen molar-refractivity contribution >= 4 is 23.2 Å². The Labute approximate surface area is 230 Å². The molecule has 0 aromatic heterocycles. The number of carbonyl (C=O) groups is 1. The number of rotatable bonds is 8. The van der Waals surface area contributed by atoms with Crippen molar-refractivity contribution in [3.63, 3.8) is 0 Å². The minimum absolute atomic E-state index is 0.250. The second-order valence-corrected chi connectivity index (χ2v) is 11.4. The summed E-state index contributed by atoms with van der Waals surface area (Å²) in [5.74, 6) is -0.153. The molecular weight excluding hydrogens is 485 g/mol. The van der Waals surface area contributed by atoms with Gasteiger partial charge in [0, 0.05) is 19.6 Å². The molecule has 3 aliphatic rings. The highest BCUT2D eigenvalue weighted by atomic mass is 19.1. The molecule has 1 saturated heterocycles. The van der Waals surface area contributed by atoms with Crippen LogP contribution in [0.1, 0.15) is 87.3 Å². The molecule has 6 rings (SSSR count). The number of alkyl halides is 1. The van der Waals surface area contributed by atoms with E-state index in [9.17, 15) is 14.3 Å². The summed E-state index contributed by atoms with van der Waals surface area (Å²) in [5, 5.41) is 9.63. The Kier molecular flexibility index (Phi) is 7.22. The van der Waals surface area contributed by atoms with Gasteiger partial charge in [-0.25, -0.2) is 4.79 Å². The van der Waals surface area contributed by atoms with Crippen LogP contribution in [-0.2, 0) is 6.42 Å². The van der Waals surface area contributed by atoms with Crippen molar-refractivity contribution in [1.29, 1.82) is 0 Å². The van der Waals surface area contributed by atoms with Gasteiger partial charge in [0.2, 0.25) is 0 Å². The van der Waals surface area contributed by atoms with Gasteiger partial charge in [0.15, 0.2) is 0 Å². The molecule has 3 aromatic rings. The van der Waals surface area contributed by atoms with Gasteiger partial charge in [-0.3, -0.25) is 9.29 Å². The number of allylic oxidation sites excluding steroid dienone is 1. The molecular formula is C35H36FNO2. The number of aryl methyl sites for hydroxylation is 2. The monoisotopic (exact) mass is 521 g/mol. The molecule has 0 radical (unpaired) electrons. The second kappa shape index (κ2) is 10.9. The molecule has 2 fully saturated rings. The Hall–Kier alpha value is -3.50. The molecule has 0 bridgehead atoms. The number of benzene rings is 3. The van der Waals surface area contributed by atoms with E-state index in [0.29, 0.717) is 12.0 Å². The zero-order valence-corrected chi connectivity index (χ0v) is 22.7. The zero-order chi connectivity index (χ0) is 26.9. The van der Waals surface area contributed by atoms with E-state index in [1.54, 1.807) is 6.07 Å². The first kappa shape index (κ1) is 25.8. The molecule has 0 atom stereocenters. The Morgan fingerprint density at radius 3 is 2.46 bits per heavy atom. The van der Waals surface area contributed by atoms with E-state index < -0.39 is 5.97 Å². The summed E-state index contributed by atoms with van der Waals surface area (Å²) in [6, 6.07) is 21.5. The quantitative estimate of drug-likeness (QED) is 0.327. The van der Waals surface area contributed by atoms with E-state index in [1.165, 1.54) is 57.4 Å². The minimum Gasteiger partial charge on any atom is -0.478 e. The van der Waals surface area contributed by atoms with Gasteiger partial charge in [0.25, 0.3) is 0 Å². The molecule has 1 aliphatic heterocycles. The van der Waals surface area contributed by atoms with Crippen molar-refractivity contribution in [2.45, 2.75) is 51.4 Å². The molecule has 1 saturated carbocycles. The lowest BCUT2D eigenvalue weighted by molar-refractivity contribution is 0.0696. The van der Waals surface area contributed by atoms with E-state index in [-0.39, 0.29) is 6.67 Å². The van der Waals surface area contributed by atoms with Gasteiger partial charge in [0.05, 0.1) is 12.2 Å². The number of hydrogen-bond donors (Lipinski definition) is 1. The van der Waals surface area contributed by atoms with Crippen LogP contribution in [0, 0.1) is 6.92 Å². The Bertz CT molecular complexity index is 1450. The number of hydrogen-bond acceptors (Lipinski definition) is 2. The molecule has 200 valence electrons. The lowest BCUT2D eigenvalue weighted by Crippen LogP contribution is -2.40. The fraction of sp³-hybridized carbons (Fsp3) is 0.343. The highest BCUT2D eigenvalue weighted by Crippen LogP contribution is 2.44. The van der Waals surface area contributed by atoms with Crippen LogP contribution in [0.5, 0.6) is 0 Å². The number of fused-ring (bicyclic) bond motifs is 1. The van der Waals surface area contributed by atoms with E-state index in [4.69, 9.17) is 0 Å². The predicted molar refractivity (Wildman–Crippen MR) is 157 cm³/mol. The third-order valence-corrected chi connectivity index (χ3v) is 8.45. The average molecular weight is 522 g/mol. The van der Waals surface area contributed by atoms with Crippen molar-refractivity contribution in [3.8, 4) is 0 Å². The first-order valence-electron chi connectivity index (χ1n) is 14.3. The standard InChI is InChI=1S/C35H36FNO2/c1-23-18-28(26-10-11-26)12-14-31(23)33-5-2-4-29-20-30(35(38)39)13-15-32(29)34(33)27-8-6-24(7-9-27)19-25-21-37(22-25)17-3-16-36/h6-9,12-15,18-20,26H,2-5,10-11,16-17,21-22H2,1H3,(H,38,39). The molecule has 2 aliphatic carbocycles. The predicted octanol–water partition coefficient (Wildman–Crippen LogP) is 7.92. The summed E-state index contributed by atoms with van der Waals surface area (Å²) in [4.78, 5) is 14.0. The Morgan fingerprint density at radius 2 is 1.77 bits per heavy atom. The lowest BCUT2D eigenvalue weighted by atomic mass is 9.85. The van der Waals surface area contributed by atoms with Gasteiger partial charge in [-0.2, -0.15) is 0 Å². The van der Waals surface area contributed by atoms with Gasteiger partial charge in [-0.05, 0) is 119 Å². The molecule has 0 amide bonds. The second-order valence-electron chi connectivity index (χ2n) is 11.4. The first-order valence-corrected chi connectivity index (χ1v) is 14.3. The largest absolute Gasteiger partial charge is 0.478 e. The number of aromatic carboxylic acids is 1. The lowest BCUT2D eigenvalue weighted by Gasteiger charge is -2.33. The molecule has 3 aromatic carbocycles. The first-order chi connectivity index (χ1) is 19.0. The van der Waals surface area contributed by atoms with Crippen LogP contribution in [0.2, 0.25) is 0 Å². The van der Waals surface area contributed by atoms with Crippen molar-refractivity contribution in [3.05, 3.63) is 111 Å². The van der Waals surface area contributed by atoms with Crippen LogP contribution in [0.4, 0.5) is 4.39 Å². The molecule has 1 heterocycles. The summed E-state index contributed by atoms with van der Waals surface area (Å²) in [5.41, 5.74) is 13.0. The summed E-state index contributed by atoms with van der Waals surface area (Å²) in [7, 11) is 0. The third kappa shape index (κ3) is 5.49. The smallest absolute Gasteiger partial charge is 0.335 e. The summed E-state index contributed by atoms with van der Waals surface area (Å²) in [6.45, 7) is 4.66. The van der Waals surface area contributed by atoms with Crippen molar-refractivity contribution in [1.82, 2.24) is 4.90 Å². The van der Waals surface area contributed by atoms with E-state index >= 15 is 0 Å². The fourth-order valence-corrected chi connectivity index (χ4v) is 6.26. The van der Waals surface area contributed by atoms with Crippen molar-refractivity contribution in [2.75, 3.05) is 26.3 Å². The van der Waals surface area contributed by atoms with Crippen LogP contribution in [-0.4, -0.2) is 42.3 Å². The average Bonchev–Trinajstić information content (AvgIpc) is 3.77. The Morgan fingerprint density at radius 1 is 1.00 bits per heavy atom. The SMILES string of the molecule is Cc1cc(C2CC2)ccc1C1=C(c2ccc(C=C3CN(CCCF)C3)cc2)c2ccc(C(=O)O)cc2CCC1. The molecule has 0 spiro atoms. The maximum Gasteiger partial charge on any atom is 0.335 e. The van der Waals surface area contributed by atoms with Gasteiger partial charge in [0.1, 0.15) is 0 Å². The number of halogens is 1. The topological polar surface area (TPSA) is 40.5 Å². The van der Waals surface area contributed by atoms with Crippen molar-refractivity contribution in [2.24, 2.45) is 0 Å². The van der Waals surface area contributed by atoms with Crippen LogP contribution >= 0.6 is 0 Å². The van der Waals surface area contributed by atoms with Crippen LogP contribution in [0.15, 0.2) is 66.2 Å². The maximum atomic E-state index is 12.5. The normalized spacial score (nSPS) is 17.4. The van der Waals surface area contributed by atoms with Gasteiger partial charge in [-0.1, -0.05) is 54.6 Å².